The van der Waals surface area contributed by atoms with E-state index in [1.807, 2.05) is 29.2 Å². The molecule has 144 valence electrons. The fourth-order valence-electron chi connectivity index (χ4n) is 4.14. The number of amides is 2. The monoisotopic (exact) mass is 387 g/mol. The van der Waals surface area contributed by atoms with Crippen LogP contribution < -0.4 is 4.90 Å². The second kappa shape index (κ2) is 7.94. The Morgan fingerprint density at radius 3 is 2.85 bits per heavy atom. The predicted octanol–water partition coefficient (Wildman–Crippen LogP) is 3.07. The maximum Gasteiger partial charge on any atom is 0.234 e. The van der Waals surface area contributed by atoms with Crippen molar-refractivity contribution >= 4 is 38.5 Å². The number of methoxy groups -OCH3 is 1. The van der Waals surface area contributed by atoms with Crippen molar-refractivity contribution in [3.63, 3.8) is 0 Å². The topological polar surface area (TPSA) is 62.7 Å². The summed E-state index contributed by atoms with van der Waals surface area (Å²) in [6, 6.07) is 8.21. The minimum Gasteiger partial charge on any atom is -0.383 e. The fraction of sp³-hybridized carbons (Fsp3) is 0.550. The number of para-hydroxylation sites is 1. The number of carbonyl (C=O) groups is 2. The van der Waals surface area contributed by atoms with Gasteiger partial charge in [-0.15, -0.1) is 0 Å². The minimum absolute atomic E-state index is 0.0139. The van der Waals surface area contributed by atoms with Crippen LogP contribution in [0.5, 0.6) is 0 Å². The molecule has 1 atom stereocenters. The first-order chi connectivity index (χ1) is 13.2. The summed E-state index contributed by atoms with van der Waals surface area (Å²) in [6.07, 6.45) is 4.80. The number of hydrogen-bond acceptors (Lipinski definition) is 5. The number of benzene rings is 1. The summed E-state index contributed by atoms with van der Waals surface area (Å²) in [7, 11) is 1.63. The molecule has 1 unspecified atom stereocenters. The van der Waals surface area contributed by atoms with Gasteiger partial charge in [0.2, 0.25) is 11.8 Å². The van der Waals surface area contributed by atoms with E-state index in [1.165, 1.54) is 24.2 Å². The van der Waals surface area contributed by atoms with E-state index in [0.717, 1.165) is 23.1 Å². The lowest BCUT2D eigenvalue weighted by molar-refractivity contribution is -0.130. The van der Waals surface area contributed by atoms with Gasteiger partial charge in [0.25, 0.3) is 0 Å². The molecule has 1 saturated carbocycles. The molecule has 2 aromatic rings. The number of carbonyl (C=O) groups excluding carboxylic acids is 2. The van der Waals surface area contributed by atoms with Crippen LogP contribution in [0, 0.1) is 5.92 Å². The van der Waals surface area contributed by atoms with Gasteiger partial charge in [0.15, 0.2) is 5.13 Å². The van der Waals surface area contributed by atoms with Crippen LogP contribution in [0.3, 0.4) is 0 Å². The van der Waals surface area contributed by atoms with E-state index in [0.29, 0.717) is 37.3 Å². The molecule has 0 spiro atoms. The van der Waals surface area contributed by atoms with Crippen molar-refractivity contribution < 1.29 is 14.3 Å². The molecule has 1 aromatic heterocycles. The number of nitrogens with zero attached hydrogens (tertiary/aromatic N) is 3. The van der Waals surface area contributed by atoms with Gasteiger partial charge in [-0.1, -0.05) is 36.3 Å². The molecule has 2 fully saturated rings. The molecule has 2 amide bonds. The summed E-state index contributed by atoms with van der Waals surface area (Å²) in [5.74, 6) is -0.182. The number of thiazole rings is 1. The number of ether oxygens (including phenoxy) is 1. The maximum atomic E-state index is 13.3. The van der Waals surface area contributed by atoms with Crippen LogP contribution in [0.15, 0.2) is 24.3 Å². The van der Waals surface area contributed by atoms with Gasteiger partial charge in [-0.05, 0) is 25.0 Å². The van der Waals surface area contributed by atoms with Crippen LogP contribution in [0.1, 0.15) is 32.1 Å². The first-order valence-corrected chi connectivity index (χ1v) is 10.4. The first kappa shape index (κ1) is 18.4. The van der Waals surface area contributed by atoms with Crippen molar-refractivity contribution in [3.05, 3.63) is 24.3 Å². The number of likely N-dealkylation sites (tertiary alicyclic amines) is 1. The molecule has 2 heterocycles. The van der Waals surface area contributed by atoms with Gasteiger partial charge in [-0.25, -0.2) is 4.98 Å². The van der Waals surface area contributed by atoms with Gasteiger partial charge in [0, 0.05) is 26.1 Å². The Morgan fingerprint density at radius 1 is 1.33 bits per heavy atom. The zero-order valence-corrected chi connectivity index (χ0v) is 16.4. The smallest absolute Gasteiger partial charge is 0.234 e. The van der Waals surface area contributed by atoms with Crippen molar-refractivity contribution in [2.45, 2.75) is 38.1 Å². The van der Waals surface area contributed by atoms with Crippen molar-refractivity contribution in [3.8, 4) is 0 Å². The van der Waals surface area contributed by atoms with Gasteiger partial charge in [0.1, 0.15) is 0 Å². The minimum atomic E-state index is -0.290. The summed E-state index contributed by atoms with van der Waals surface area (Å²) in [5, 5.41) is 0.685. The first-order valence-electron chi connectivity index (χ1n) is 9.62. The Kier molecular flexibility index (Phi) is 5.41. The molecule has 6 nitrogen and oxygen atoms in total. The third-order valence-electron chi connectivity index (χ3n) is 5.57. The SMILES string of the molecule is COCCN(C(=O)C1CC(=O)N(C2CCCC2)C1)c1nc2ccccc2s1. The molecule has 0 bridgehead atoms. The molecule has 1 aromatic carbocycles. The molecule has 1 aliphatic carbocycles. The molecular formula is C20H25N3O3S. The Morgan fingerprint density at radius 2 is 2.11 bits per heavy atom. The fourth-order valence-corrected chi connectivity index (χ4v) is 5.14. The molecule has 27 heavy (non-hydrogen) atoms. The maximum absolute atomic E-state index is 13.3. The van der Waals surface area contributed by atoms with E-state index >= 15 is 0 Å². The second-order valence-electron chi connectivity index (χ2n) is 7.33. The average Bonchev–Trinajstić information content (AvgIpc) is 3.40. The molecule has 1 saturated heterocycles. The van der Waals surface area contributed by atoms with E-state index < -0.39 is 0 Å². The van der Waals surface area contributed by atoms with E-state index in [1.54, 1.807) is 12.0 Å². The highest BCUT2D eigenvalue weighted by Crippen LogP contribution is 2.33. The van der Waals surface area contributed by atoms with Crippen LogP contribution in [0.25, 0.3) is 10.2 Å². The summed E-state index contributed by atoms with van der Waals surface area (Å²) in [6.45, 7) is 1.43. The Balaban J connectivity index is 1.54. The molecule has 4 rings (SSSR count). The Bertz CT molecular complexity index is 798. The summed E-state index contributed by atoms with van der Waals surface area (Å²) in [5.41, 5.74) is 0.891. The number of fused-ring (bicyclic) bond motifs is 1. The van der Waals surface area contributed by atoms with E-state index in [9.17, 15) is 9.59 Å². The highest BCUT2D eigenvalue weighted by molar-refractivity contribution is 7.22. The Hall–Kier alpha value is -1.99. The lowest BCUT2D eigenvalue weighted by Gasteiger charge is -2.25. The van der Waals surface area contributed by atoms with E-state index in [-0.39, 0.29) is 17.7 Å². The molecule has 7 heteroatoms. The third kappa shape index (κ3) is 3.71. The quantitative estimate of drug-likeness (QED) is 0.764. The van der Waals surface area contributed by atoms with Gasteiger partial charge in [-0.3, -0.25) is 14.5 Å². The highest BCUT2D eigenvalue weighted by atomic mass is 32.1. The summed E-state index contributed by atoms with van der Waals surface area (Å²) in [4.78, 5) is 34.1. The second-order valence-corrected chi connectivity index (χ2v) is 8.34. The standard InChI is InChI=1S/C20H25N3O3S/c1-26-11-10-22(20-21-16-8-4-5-9-17(16)27-20)19(25)14-12-18(24)23(13-14)15-6-2-3-7-15/h4-5,8-9,14-15H,2-3,6-7,10-13H2,1H3. The molecule has 0 N–H and O–H groups in total. The largest absolute Gasteiger partial charge is 0.383 e. The highest BCUT2D eigenvalue weighted by Gasteiger charge is 2.40. The summed E-state index contributed by atoms with van der Waals surface area (Å²) >= 11 is 1.51. The van der Waals surface area contributed by atoms with Gasteiger partial charge in [0.05, 0.1) is 29.3 Å². The number of rotatable bonds is 6. The van der Waals surface area contributed by atoms with Crippen molar-refractivity contribution in [2.75, 3.05) is 31.7 Å². The van der Waals surface area contributed by atoms with Crippen LogP contribution in [0.2, 0.25) is 0 Å². The molecule has 0 radical (unpaired) electrons. The predicted molar refractivity (Wildman–Crippen MR) is 106 cm³/mol. The van der Waals surface area contributed by atoms with E-state index in [2.05, 4.69) is 4.98 Å². The number of hydrogen-bond donors (Lipinski definition) is 0. The van der Waals surface area contributed by atoms with Gasteiger partial charge in [-0.2, -0.15) is 0 Å². The van der Waals surface area contributed by atoms with Gasteiger partial charge < -0.3 is 9.64 Å². The van der Waals surface area contributed by atoms with Crippen molar-refractivity contribution in [1.82, 2.24) is 9.88 Å². The zero-order chi connectivity index (χ0) is 18.8. The molecule has 1 aliphatic heterocycles. The molecule has 2 aliphatic rings. The lowest BCUT2D eigenvalue weighted by Crippen LogP contribution is -2.40. The normalized spacial score (nSPS) is 20.7. The van der Waals surface area contributed by atoms with Crippen LogP contribution in [-0.2, 0) is 14.3 Å². The third-order valence-corrected chi connectivity index (χ3v) is 6.63. The van der Waals surface area contributed by atoms with Crippen LogP contribution in [0.4, 0.5) is 5.13 Å². The molecular weight excluding hydrogens is 362 g/mol. The van der Waals surface area contributed by atoms with Crippen LogP contribution >= 0.6 is 11.3 Å². The number of anilines is 1. The number of aromatic nitrogens is 1. The van der Waals surface area contributed by atoms with E-state index in [4.69, 9.17) is 4.74 Å². The average molecular weight is 388 g/mol. The lowest BCUT2D eigenvalue weighted by atomic mass is 10.1. The van der Waals surface area contributed by atoms with Crippen LogP contribution in [-0.4, -0.2) is 54.5 Å². The van der Waals surface area contributed by atoms with Crippen molar-refractivity contribution in [1.29, 1.82) is 0 Å². The Labute approximate surface area is 163 Å². The summed E-state index contributed by atoms with van der Waals surface area (Å²) < 4.78 is 6.26. The van der Waals surface area contributed by atoms with Crippen molar-refractivity contribution in [2.24, 2.45) is 5.92 Å². The van der Waals surface area contributed by atoms with Gasteiger partial charge >= 0.3 is 0 Å². The zero-order valence-electron chi connectivity index (χ0n) is 15.6.